The predicted molar refractivity (Wildman–Crippen MR) is 118 cm³/mol. The van der Waals surface area contributed by atoms with Crippen LogP contribution in [0.5, 0.6) is 0 Å². The number of rotatable bonds is 9. The molecule has 0 amide bonds. The van der Waals surface area contributed by atoms with E-state index in [9.17, 15) is 0 Å². The summed E-state index contributed by atoms with van der Waals surface area (Å²) in [4.78, 5) is 5.75. The maximum atomic E-state index is 6.60. The molecule has 0 fully saturated rings. The molecule has 0 bridgehead atoms. The Morgan fingerprint density at radius 2 is 1.96 bits per heavy atom. The van der Waals surface area contributed by atoms with Crippen LogP contribution in [0.2, 0.25) is 0 Å². The molecular weight excluding hydrogens is 360 g/mol. The first-order valence-electron chi connectivity index (χ1n) is 9.16. The molecule has 0 aliphatic rings. The zero-order valence-electron chi connectivity index (χ0n) is 16.6. The van der Waals surface area contributed by atoms with E-state index in [-0.39, 0.29) is 5.50 Å². The summed E-state index contributed by atoms with van der Waals surface area (Å²) < 4.78 is 1.38. The van der Waals surface area contributed by atoms with Crippen LogP contribution in [-0.4, -0.2) is 43.0 Å². The van der Waals surface area contributed by atoms with Crippen molar-refractivity contribution in [1.29, 1.82) is 0 Å². The Kier molecular flexibility index (Phi) is 7.75. The molecule has 2 nitrogen and oxygen atoms in total. The van der Waals surface area contributed by atoms with E-state index in [1.54, 1.807) is 0 Å². The summed E-state index contributed by atoms with van der Waals surface area (Å²) in [5.74, 6) is 0.399. The van der Waals surface area contributed by atoms with E-state index in [2.05, 4.69) is 56.8 Å². The van der Waals surface area contributed by atoms with E-state index >= 15 is 0 Å². The summed E-state index contributed by atoms with van der Waals surface area (Å²) >= 11 is 8.53. The number of benzene rings is 1. The predicted octanol–water partition coefficient (Wildman–Crippen LogP) is 6.09. The molecule has 2 atom stereocenters. The molecule has 142 valence electrons. The van der Waals surface area contributed by atoms with Gasteiger partial charge in [-0.15, -0.1) is 11.3 Å². The second kappa shape index (κ2) is 9.59. The molecule has 2 aromatic rings. The van der Waals surface area contributed by atoms with Gasteiger partial charge in [-0.3, -0.25) is 0 Å². The summed E-state index contributed by atoms with van der Waals surface area (Å²) in [6.07, 6.45) is 5.97. The highest BCUT2D eigenvalue weighted by molar-refractivity contribution is 7.19. The van der Waals surface area contributed by atoms with E-state index in [0.717, 1.165) is 25.0 Å². The Bertz CT molecular complexity index is 763. The van der Waals surface area contributed by atoms with E-state index < -0.39 is 0 Å². The first kappa shape index (κ1) is 21.0. The minimum Gasteiger partial charge on any atom is -0.361 e. The van der Waals surface area contributed by atoms with Gasteiger partial charge in [0.15, 0.2) is 0 Å². The van der Waals surface area contributed by atoms with Gasteiger partial charge < -0.3 is 9.80 Å². The highest BCUT2D eigenvalue weighted by Crippen LogP contribution is 2.39. The molecule has 0 saturated heterocycles. The average molecular weight is 391 g/mol. The van der Waals surface area contributed by atoms with Gasteiger partial charge in [-0.1, -0.05) is 49.4 Å². The van der Waals surface area contributed by atoms with Gasteiger partial charge in [-0.25, -0.2) is 0 Å². The zero-order valence-corrected chi connectivity index (χ0v) is 18.2. The number of hydrogen-bond donors (Lipinski definition) is 0. The van der Waals surface area contributed by atoms with Crippen molar-refractivity contribution in [3.8, 4) is 0 Å². The normalized spacial score (nSPS) is 14.3. The summed E-state index contributed by atoms with van der Waals surface area (Å²) in [5, 5.41) is 1.39. The Morgan fingerprint density at radius 3 is 2.62 bits per heavy atom. The second-order valence-corrected chi connectivity index (χ2v) is 8.79. The van der Waals surface area contributed by atoms with Crippen molar-refractivity contribution in [2.45, 2.75) is 38.1 Å². The lowest BCUT2D eigenvalue weighted by molar-refractivity contribution is 0.414. The van der Waals surface area contributed by atoms with Crippen LogP contribution in [0.4, 0.5) is 0 Å². The van der Waals surface area contributed by atoms with Gasteiger partial charge in [-0.05, 0) is 68.6 Å². The van der Waals surface area contributed by atoms with Crippen LogP contribution in [-0.2, 0) is 6.42 Å². The Labute approximate surface area is 167 Å². The van der Waals surface area contributed by atoms with Crippen LogP contribution in [0.3, 0.4) is 0 Å². The number of alkyl halides is 1. The number of halogens is 1. The molecule has 0 N–H and O–H groups in total. The van der Waals surface area contributed by atoms with Gasteiger partial charge in [0.25, 0.3) is 0 Å². The minimum absolute atomic E-state index is 0.177. The summed E-state index contributed by atoms with van der Waals surface area (Å²) in [7, 11) is 6.26. The molecule has 26 heavy (non-hydrogen) atoms. The smallest absolute Gasteiger partial charge is 0.124 e. The molecule has 0 aliphatic heterocycles. The molecule has 1 aromatic heterocycles. The molecule has 0 spiro atoms. The fourth-order valence-electron chi connectivity index (χ4n) is 3.36. The van der Waals surface area contributed by atoms with Gasteiger partial charge in [-0.2, -0.15) is 0 Å². The molecule has 0 saturated carbocycles. The Hall–Kier alpha value is -1.29. The van der Waals surface area contributed by atoms with Crippen molar-refractivity contribution in [3.05, 3.63) is 59.1 Å². The largest absolute Gasteiger partial charge is 0.361 e. The van der Waals surface area contributed by atoms with Crippen molar-refractivity contribution < 1.29 is 0 Å². The van der Waals surface area contributed by atoms with Crippen LogP contribution in [0, 0.1) is 0 Å². The lowest BCUT2D eigenvalue weighted by Crippen LogP contribution is -2.23. The van der Waals surface area contributed by atoms with E-state index in [4.69, 9.17) is 11.6 Å². The van der Waals surface area contributed by atoms with Crippen molar-refractivity contribution >= 4 is 33.0 Å². The molecular formula is C22H31ClN2S. The van der Waals surface area contributed by atoms with Crippen molar-refractivity contribution in [2.75, 3.05) is 27.7 Å². The molecule has 1 heterocycles. The third-order valence-corrected chi connectivity index (χ3v) is 6.50. The standard InChI is InChI=1S/C22H31ClN2S/c1-7-13-25(6)22(23)17(3)15-16(2)21-18-10-8-9-11-19(18)26-20(21)12-14-24(4)5/h7-11,13,16,22H,3,12,14-15H2,1-2,4-6H3/b13-7-. The number of likely N-dealkylation sites (N-methyl/N-ethyl adjacent to an activating group) is 2. The second-order valence-electron chi connectivity index (χ2n) is 7.24. The van der Waals surface area contributed by atoms with Crippen LogP contribution < -0.4 is 0 Å². The Morgan fingerprint density at radius 1 is 1.27 bits per heavy atom. The summed E-state index contributed by atoms with van der Waals surface area (Å²) in [6, 6.07) is 8.75. The summed E-state index contributed by atoms with van der Waals surface area (Å²) in [6.45, 7) is 9.65. The van der Waals surface area contributed by atoms with Crippen LogP contribution in [0.25, 0.3) is 10.1 Å². The molecule has 0 radical (unpaired) electrons. The minimum atomic E-state index is -0.177. The molecule has 0 aliphatic carbocycles. The molecule has 4 heteroatoms. The fraction of sp³-hybridized carbons (Fsp3) is 0.455. The van der Waals surface area contributed by atoms with Gasteiger partial charge in [0.05, 0.1) is 0 Å². The topological polar surface area (TPSA) is 6.48 Å². The lowest BCUT2D eigenvalue weighted by atomic mass is 9.91. The van der Waals surface area contributed by atoms with Crippen LogP contribution in [0.1, 0.15) is 36.6 Å². The van der Waals surface area contributed by atoms with E-state index in [1.807, 2.05) is 42.5 Å². The van der Waals surface area contributed by atoms with E-state index in [0.29, 0.717) is 5.92 Å². The summed E-state index contributed by atoms with van der Waals surface area (Å²) in [5.41, 5.74) is 2.36. The molecule has 1 aromatic carbocycles. The number of hydrogen-bond acceptors (Lipinski definition) is 3. The monoisotopic (exact) mass is 390 g/mol. The third kappa shape index (κ3) is 5.12. The first-order valence-corrected chi connectivity index (χ1v) is 10.4. The molecule has 2 rings (SSSR count). The van der Waals surface area contributed by atoms with Gasteiger partial charge in [0, 0.05) is 23.2 Å². The maximum Gasteiger partial charge on any atom is 0.124 e. The molecule has 2 unspecified atom stereocenters. The van der Waals surface area contributed by atoms with Gasteiger partial charge in [0.1, 0.15) is 5.50 Å². The van der Waals surface area contributed by atoms with Crippen molar-refractivity contribution in [2.24, 2.45) is 0 Å². The van der Waals surface area contributed by atoms with Crippen molar-refractivity contribution in [1.82, 2.24) is 9.80 Å². The number of nitrogens with zero attached hydrogens (tertiary/aromatic N) is 2. The van der Waals surface area contributed by atoms with Crippen LogP contribution in [0.15, 0.2) is 48.7 Å². The number of thiophene rings is 1. The highest BCUT2D eigenvalue weighted by Gasteiger charge is 2.21. The average Bonchev–Trinajstić information content (AvgIpc) is 2.97. The maximum absolute atomic E-state index is 6.60. The zero-order chi connectivity index (χ0) is 19.3. The number of fused-ring (bicyclic) bond motifs is 1. The van der Waals surface area contributed by atoms with Crippen LogP contribution >= 0.6 is 22.9 Å². The third-order valence-electron chi connectivity index (χ3n) is 4.64. The first-order chi connectivity index (χ1) is 12.3. The fourth-order valence-corrected chi connectivity index (χ4v) is 4.83. The van der Waals surface area contributed by atoms with Gasteiger partial charge >= 0.3 is 0 Å². The van der Waals surface area contributed by atoms with Crippen molar-refractivity contribution in [3.63, 3.8) is 0 Å². The number of allylic oxidation sites excluding steroid dienone is 1. The van der Waals surface area contributed by atoms with Gasteiger partial charge in [0.2, 0.25) is 0 Å². The quantitative estimate of drug-likeness (QED) is 0.290. The lowest BCUT2D eigenvalue weighted by Gasteiger charge is -2.25. The SMILES string of the molecule is C=C(CC(C)c1c(CCN(C)C)sc2ccccc12)C(Cl)N(C)/C=C\C. The van der Waals surface area contributed by atoms with E-state index in [1.165, 1.54) is 20.5 Å². The Balaban J connectivity index is 2.26. The highest BCUT2D eigenvalue weighted by atomic mass is 35.5.